The molecule has 0 aliphatic carbocycles. The average Bonchev–Trinajstić information content (AvgIpc) is 2.49. The lowest BCUT2D eigenvalue weighted by atomic mass is 10.1. The molecule has 1 aliphatic rings. The van der Waals surface area contributed by atoms with Crippen molar-refractivity contribution < 1.29 is 17.6 Å². The Morgan fingerprint density at radius 2 is 1.86 bits per heavy atom. The third-order valence-corrected chi connectivity index (χ3v) is 5.86. The number of hydrogen-bond acceptors (Lipinski definition) is 3. The summed E-state index contributed by atoms with van der Waals surface area (Å²) in [7, 11) is -3.21. The van der Waals surface area contributed by atoms with Crippen molar-refractivity contribution in [1.82, 2.24) is 9.21 Å². The normalized spacial score (nSPS) is 16.8. The molecule has 122 valence electrons. The smallest absolute Gasteiger partial charge is 0.253 e. The van der Waals surface area contributed by atoms with Gasteiger partial charge in [0.2, 0.25) is 10.0 Å². The van der Waals surface area contributed by atoms with Crippen molar-refractivity contribution in [3.05, 3.63) is 35.1 Å². The standard InChI is InChI=1S/C15H21FN2O3S/c1-3-10-22(20,21)18-8-6-17(7-9-18)15(19)13-4-5-14(16)12(2)11-13/h4-5,11H,3,6-10H2,1-2H3. The van der Waals surface area contributed by atoms with E-state index in [1.807, 2.05) is 6.92 Å². The van der Waals surface area contributed by atoms with E-state index in [4.69, 9.17) is 0 Å². The highest BCUT2D eigenvalue weighted by Gasteiger charge is 2.28. The number of halogens is 1. The number of hydrogen-bond donors (Lipinski definition) is 0. The quantitative estimate of drug-likeness (QED) is 0.844. The summed E-state index contributed by atoms with van der Waals surface area (Å²) in [6.45, 7) is 4.79. The summed E-state index contributed by atoms with van der Waals surface area (Å²) in [6.07, 6.45) is 0.580. The van der Waals surface area contributed by atoms with E-state index in [0.29, 0.717) is 43.7 Å². The van der Waals surface area contributed by atoms with Gasteiger partial charge >= 0.3 is 0 Å². The van der Waals surface area contributed by atoms with Gasteiger partial charge in [0.1, 0.15) is 5.82 Å². The zero-order valence-electron chi connectivity index (χ0n) is 12.9. The molecular formula is C15H21FN2O3S. The number of aryl methyl sites for hydroxylation is 1. The average molecular weight is 328 g/mol. The third-order valence-electron chi connectivity index (χ3n) is 3.79. The van der Waals surface area contributed by atoms with E-state index in [1.54, 1.807) is 11.8 Å². The van der Waals surface area contributed by atoms with Gasteiger partial charge in [0.25, 0.3) is 5.91 Å². The van der Waals surface area contributed by atoms with Gasteiger partial charge in [0.05, 0.1) is 5.75 Å². The molecule has 0 unspecified atom stereocenters. The van der Waals surface area contributed by atoms with Gasteiger partial charge in [-0.05, 0) is 37.1 Å². The number of amides is 1. The first-order valence-corrected chi connectivity index (χ1v) is 8.99. The molecule has 1 aromatic carbocycles. The van der Waals surface area contributed by atoms with E-state index in [9.17, 15) is 17.6 Å². The second-order valence-electron chi connectivity index (χ2n) is 5.47. The van der Waals surface area contributed by atoms with Gasteiger partial charge in [-0.2, -0.15) is 4.31 Å². The molecule has 1 fully saturated rings. The maximum Gasteiger partial charge on any atom is 0.253 e. The number of nitrogens with zero attached hydrogens (tertiary/aromatic N) is 2. The van der Waals surface area contributed by atoms with E-state index in [0.717, 1.165) is 0 Å². The van der Waals surface area contributed by atoms with Crippen LogP contribution in [-0.4, -0.2) is 55.5 Å². The SMILES string of the molecule is CCCS(=O)(=O)N1CCN(C(=O)c2ccc(F)c(C)c2)CC1. The summed E-state index contributed by atoms with van der Waals surface area (Å²) in [6, 6.07) is 4.27. The molecule has 0 saturated carbocycles. The summed E-state index contributed by atoms with van der Waals surface area (Å²) < 4.78 is 38.7. The summed E-state index contributed by atoms with van der Waals surface area (Å²) in [5, 5.41) is 0. The van der Waals surface area contributed by atoms with E-state index < -0.39 is 10.0 Å². The molecule has 0 aromatic heterocycles. The Hall–Kier alpha value is -1.47. The van der Waals surface area contributed by atoms with Crippen LogP contribution in [-0.2, 0) is 10.0 Å². The molecule has 7 heteroatoms. The van der Waals surface area contributed by atoms with Crippen molar-refractivity contribution in [3.8, 4) is 0 Å². The highest BCUT2D eigenvalue weighted by atomic mass is 32.2. The van der Waals surface area contributed by atoms with Gasteiger partial charge in [-0.3, -0.25) is 4.79 Å². The number of carbonyl (C=O) groups is 1. The van der Waals surface area contributed by atoms with Crippen LogP contribution < -0.4 is 0 Å². The van der Waals surface area contributed by atoms with Crippen LogP contribution in [0.2, 0.25) is 0 Å². The van der Waals surface area contributed by atoms with Crippen molar-refractivity contribution >= 4 is 15.9 Å². The Morgan fingerprint density at radius 1 is 1.23 bits per heavy atom. The maximum absolute atomic E-state index is 13.3. The lowest BCUT2D eigenvalue weighted by Crippen LogP contribution is -2.51. The van der Waals surface area contributed by atoms with Crippen molar-refractivity contribution in [2.75, 3.05) is 31.9 Å². The van der Waals surface area contributed by atoms with Crippen LogP contribution in [0.4, 0.5) is 4.39 Å². The highest BCUT2D eigenvalue weighted by Crippen LogP contribution is 2.15. The Labute approximate surface area is 130 Å². The van der Waals surface area contributed by atoms with Crippen LogP contribution in [0, 0.1) is 12.7 Å². The molecule has 0 radical (unpaired) electrons. The van der Waals surface area contributed by atoms with Crippen LogP contribution in [0.3, 0.4) is 0 Å². The molecule has 0 atom stereocenters. The minimum atomic E-state index is -3.21. The topological polar surface area (TPSA) is 57.7 Å². The van der Waals surface area contributed by atoms with Crippen molar-refractivity contribution in [1.29, 1.82) is 0 Å². The largest absolute Gasteiger partial charge is 0.336 e. The van der Waals surface area contributed by atoms with Crippen molar-refractivity contribution in [2.24, 2.45) is 0 Å². The Morgan fingerprint density at radius 3 is 2.41 bits per heavy atom. The first kappa shape index (κ1) is 16.9. The zero-order chi connectivity index (χ0) is 16.3. The summed E-state index contributed by atoms with van der Waals surface area (Å²) in [5.41, 5.74) is 0.860. The Bertz CT molecular complexity index is 653. The van der Waals surface area contributed by atoms with E-state index in [-0.39, 0.29) is 17.5 Å². The Balaban J connectivity index is 2.02. The van der Waals surface area contributed by atoms with Gasteiger partial charge < -0.3 is 4.90 Å². The monoisotopic (exact) mass is 328 g/mol. The molecular weight excluding hydrogens is 307 g/mol. The fraction of sp³-hybridized carbons (Fsp3) is 0.533. The maximum atomic E-state index is 13.3. The van der Waals surface area contributed by atoms with Crippen molar-refractivity contribution in [2.45, 2.75) is 20.3 Å². The molecule has 2 rings (SSSR count). The second kappa shape index (κ2) is 6.75. The van der Waals surface area contributed by atoms with Gasteiger partial charge in [0.15, 0.2) is 0 Å². The highest BCUT2D eigenvalue weighted by molar-refractivity contribution is 7.89. The van der Waals surface area contributed by atoms with E-state index in [2.05, 4.69) is 0 Å². The molecule has 5 nitrogen and oxygen atoms in total. The molecule has 1 aromatic rings. The second-order valence-corrected chi connectivity index (χ2v) is 7.56. The molecule has 0 spiro atoms. The van der Waals surface area contributed by atoms with Crippen LogP contribution in [0.5, 0.6) is 0 Å². The van der Waals surface area contributed by atoms with Crippen molar-refractivity contribution in [3.63, 3.8) is 0 Å². The minimum absolute atomic E-state index is 0.137. The number of sulfonamides is 1. The van der Waals surface area contributed by atoms with Gasteiger partial charge in [-0.25, -0.2) is 12.8 Å². The van der Waals surface area contributed by atoms with Crippen LogP contribution in [0.15, 0.2) is 18.2 Å². The predicted octanol–water partition coefficient (Wildman–Crippen LogP) is 1.63. The number of piperazine rings is 1. The summed E-state index contributed by atoms with van der Waals surface area (Å²) in [5.74, 6) is -0.388. The summed E-state index contributed by atoms with van der Waals surface area (Å²) >= 11 is 0. The lowest BCUT2D eigenvalue weighted by molar-refractivity contribution is 0.0697. The Kier molecular flexibility index (Phi) is 5.18. The molecule has 1 aliphatic heterocycles. The molecule has 1 heterocycles. The molecule has 1 amide bonds. The zero-order valence-corrected chi connectivity index (χ0v) is 13.7. The van der Waals surface area contributed by atoms with E-state index in [1.165, 1.54) is 22.5 Å². The number of benzene rings is 1. The van der Waals surface area contributed by atoms with Gasteiger partial charge in [0, 0.05) is 31.7 Å². The molecule has 22 heavy (non-hydrogen) atoms. The number of rotatable bonds is 4. The lowest BCUT2D eigenvalue weighted by Gasteiger charge is -2.34. The molecule has 1 saturated heterocycles. The van der Waals surface area contributed by atoms with Gasteiger partial charge in [-0.1, -0.05) is 6.92 Å². The first-order chi connectivity index (χ1) is 10.3. The van der Waals surface area contributed by atoms with Crippen LogP contribution in [0.1, 0.15) is 29.3 Å². The van der Waals surface area contributed by atoms with E-state index >= 15 is 0 Å². The predicted molar refractivity (Wildman–Crippen MR) is 82.7 cm³/mol. The fourth-order valence-corrected chi connectivity index (χ4v) is 4.01. The first-order valence-electron chi connectivity index (χ1n) is 7.38. The summed E-state index contributed by atoms with van der Waals surface area (Å²) in [4.78, 5) is 14.0. The fourth-order valence-electron chi connectivity index (χ4n) is 2.52. The molecule has 0 N–H and O–H groups in total. The third kappa shape index (κ3) is 3.64. The van der Waals surface area contributed by atoms with Gasteiger partial charge in [-0.15, -0.1) is 0 Å². The molecule has 0 bridgehead atoms. The van der Waals surface area contributed by atoms with Crippen LogP contribution in [0.25, 0.3) is 0 Å². The minimum Gasteiger partial charge on any atom is -0.336 e. The number of carbonyl (C=O) groups excluding carboxylic acids is 1. The van der Waals surface area contributed by atoms with Crippen LogP contribution >= 0.6 is 0 Å².